The van der Waals surface area contributed by atoms with Gasteiger partial charge in [0.25, 0.3) is 0 Å². The van der Waals surface area contributed by atoms with Crippen LogP contribution in [0.5, 0.6) is 0 Å². The van der Waals surface area contributed by atoms with Crippen molar-refractivity contribution in [1.29, 1.82) is 0 Å². The first-order valence-electron chi connectivity index (χ1n) is 7.27. The average molecular weight is 287 g/mol. The van der Waals surface area contributed by atoms with Gasteiger partial charge >= 0.3 is 0 Å². The van der Waals surface area contributed by atoms with Crippen LogP contribution in [-0.4, -0.2) is 51.6 Å². The molecule has 1 aliphatic rings. The van der Waals surface area contributed by atoms with Crippen LogP contribution in [0.2, 0.25) is 0 Å². The van der Waals surface area contributed by atoms with Crippen LogP contribution in [0, 0.1) is 13.8 Å². The first-order chi connectivity index (χ1) is 10.1. The molecule has 1 fully saturated rings. The Hall–Kier alpha value is -1.79. The third kappa shape index (κ3) is 3.11. The quantitative estimate of drug-likeness (QED) is 0.854. The van der Waals surface area contributed by atoms with Gasteiger partial charge in [0.1, 0.15) is 6.04 Å². The molecular weight excluding hydrogens is 266 g/mol. The molecule has 6 nitrogen and oxygen atoms in total. The Morgan fingerprint density at radius 2 is 2.19 bits per heavy atom. The average Bonchev–Trinajstić information content (AvgIpc) is 2.90. The summed E-state index contributed by atoms with van der Waals surface area (Å²) in [5.74, 6) is 1.40. The van der Waals surface area contributed by atoms with E-state index in [1.165, 1.54) is 5.56 Å². The van der Waals surface area contributed by atoms with Gasteiger partial charge in [-0.15, -0.1) is 0 Å². The maximum Gasteiger partial charge on any atom is 0.245 e. The zero-order valence-corrected chi connectivity index (χ0v) is 12.8. The summed E-state index contributed by atoms with van der Waals surface area (Å²) >= 11 is 0. The minimum atomic E-state index is 0.156. The molecule has 0 radical (unpaired) electrons. The zero-order valence-electron chi connectivity index (χ0n) is 12.8. The van der Waals surface area contributed by atoms with E-state index in [1.807, 2.05) is 19.2 Å². The van der Waals surface area contributed by atoms with Crippen molar-refractivity contribution < 1.29 is 4.52 Å². The van der Waals surface area contributed by atoms with Gasteiger partial charge in [0.05, 0.1) is 5.69 Å². The highest BCUT2D eigenvalue weighted by Gasteiger charge is 2.30. The lowest BCUT2D eigenvalue weighted by Gasteiger charge is -2.37. The van der Waals surface area contributed by atoms with Gasteiger partial charge in [0.2, 0.25) is 5.89 Å². The van der Waals surface area contributed by atoms with E-state index < -0.39 is 0 Å². The molecule has 0 aromatic carbocycles. The van der Waals surface area contributed by atoms with Crippen molar-refractivity contribution in [3.63, 3.8) is 0 Å². The summed E-state index contributed by atoms with van der Waals surface area (Å²) in [5.41, 5.74) is 2.38. The molecule has 0 amide bonds. The van der Waals surface area contributed by atoms with Gasteiger partial charge in [-0.2, -0.15) is 4.98 Å². The van der Waals surface area contributed by atoms with E-state index in [0.717, 1.165) is 31.9 Å². The van der Waals surface area contributed by atoms with E-state index >= 15 is 0 Å². The molecule has 3 heterocycles. The maximum absolute atomic E-state index is 5.35. The van der Waals surface area contributed by atoms with Crippen LogP contribution in [0.1, 0.15) is 29.0 Å². The van der Waals surface area contributed by atoms with Crippen LogP contribution in [0.15, 0.2) is 22.9 Å². The Bertz CT molecular complexity index is 612. The molecule has 0 spiro atoms. The maximum atomic E-state index is 5.35. The van der Waals surface area contributed by atoms with Crippen molar-refractivity contribution in [3.8, 4) is 0 Å². The van der Waals surface area contributed by atoms with Gasteiger partial charge in [0.15, 0.2) is 5.82 Å². The van der Waals surface area contributed by atoms with Crippen molar-refractivity contribution in [2.24, 2.45) is 0 Å². The van der Waals surface area contributed by atoms with Crippen LogP contribution >= 0.6 is 0 Å². The fourth-order valence-corrected chi connectivity index (χ4v) is 2.68. The third-order valence-electron chi connectivity index (χ3n) is 4.05. The zero-order chi connectivity index (χ0) is 14.8. The van der Waals surface area contributed by atoms with Crippen molar-refractivity contribution in [3.05, 3.63) is 41.3 Å². The largest absolute Gasteiger partial charge is 0.338 e. The van der Waals surface area contributed by atoms with Gasteiger partial charge in [-0.3, -0.25) is 14.8 Å². The Labute approximate surface area is 124 Å². The van der Waals surface area contributed by atoms with Crippen molar-refractivity contribution in [2.75, 3.05) is 26.7 Å². The Morgan fingerprint density at radius 1 is 1.33 bits per heavy atom. The minimum absolute atomic E-state index is 0.156. The first kappa shape index (κ1) is 14.2. The summed E-state index contributed by atoms with van der Waals surface area (Å²) in [7, 11) is 2.10. The summed E-state index contributed by atoms with van der Waals surface area (Å²) in [5, 5.41) is 3.91. The van der Waals surface area contributed by atoms with Crippen LogP contribution < -0.4 is 0 Å². The van der Waals surface area contributed by atoms with Crippen molar-refractivity contribution >= 4 is 0 Å². The monoisotopic (exact) mass is 287 g/mol. The number of aromatic nitrogens is 3. The highest BCUT2D eigenvalue weighted by molar-refractivity contribution is 5.17. The molecule has 112 valence electrons. The Balaban J connectivity index is 1.72. The molecule has 1 atom stereocenters. The number of likely N-dealkylation sites (N-methyl/N-ethyl adjacent to an activating group) is 1. The number of piperazine rings is 1. The van der Waals surface area contributed by atoms with E-state index in [9.17, 15) is 0 Å². The predicted molar refractivity (Wildman–Crippen MR) is 78.7 cm³/mol. The number of aryl methyl sites for hydroxylation is 2. The normalized spacial score (nSPS) is 20.8. The van der Waals surface area contributed by atoms with Crippen molar-refractivity contribution in [2.45, 2.75) is 26.4 Å². The first-order valence-corrected chi connectivity index (χ1v) is 7.27. The summed E-state index contributed by atoms with van der Waals surface area (Å²) < 4.78 is 5.35. The van der Waals surface area contributed by atoms with Gasteiger partial charge in [-0.05, 0) is 32.5 Å². The Morgan fingerprint density at radius 3 is 2.90 bits per heavy atom. The molecule has 3 rings (SSSR count). The molecule has 21 heavy (non-hydrogen) atoms. The summed E-state index contributed by atoms with van der Waals surface area (Å²) in [6, 6.07) is 4.24. The number of hydrogen-bond donors (Lipinski definition) is 0. The molecular formula is C15H21N5O. The molecule has 6 heteroatoms. The second kappa shape index (κ2) is 5.91. The molecule has 0 saturated carbocycles. The fourth-order valence-electron chi connectivity index (χ4n) is 2.68. The molecule has 0 bridgehead atoms. The van der Waals surface area contributed by atoms with Gasteiger partial charge in [-0.1, -0.05) is 11.2 Å². The lowest BCUT2D eigenvalue weighted by Crippen LogP contribution is -2.46. The van der Waals surface area contributed by atoms with E-state index in [-0.39, 0.29) is 6.04 Å². The van der Waals surface area contributed by atoms with E-state index in [4.69, 9.17) is 4.52 Å². The highest BCUT2D eigenvalue weighted by atomic mass is 16.5. The van der Waals surface area contributed by atoms with E-state index in [2.05, 4.69) is 45.0 Å². The SMILES string of the molecule is Cc1noc(C2CN(Cc3ncccc3C)CCN2C)n1. The van der Waals surface area contributed by atoms with Crippen molar-refractivity contribution in [1.82, 2.24) is 24.9 Å². The second-order valence-corrected chi connectivity index (χ2v) is 5.68. The third-order valence-corrected chi connectivity index (χ3v) is 4.05. The van der Waals surface area contributed by atoms with E-state index in [1.54, 1.807) is 0 Å². The molecule has 2 aromatic heterocycles. The molecule has 0 aliphatic carbocycles. The standard InChI is InChI=1S/C15H21N5O/c1-11-5-4-6-16-13(11)9-20-8-7-19(3)14(10-20)15-17-12(2)18-21-15/h4-6,14H,7-10H2,1-3H3. The van der Waals surface area contributed by atoms with E-state index in [0.29, 0.717) is 11.7 Å². The molecule has 1 unspecified atom stereocenters. The smallest absolute Gasteiger partial charge is 0.245 e. The number of hydrogen-bond acceptors (Lipinski definition) is 6. The fraction of sp³-hybridized carbons (Fsp3) is 0.533. The van der Waals surface area contributed by atoms with Crippen LogP contribution in [0.25, 0.3) is 0 Å². The Kier molecular flexibility index (Phi) is 3.98. The van der Waals surface area contributed by atoms with Gasteiger partial charge < -0.3 is 4.52 Å². The van der Waals surface area contributed by atoms with Gasteiger partial charge in [-0.25, -0.2) is 0 Å². The molecule has 0 N–H and O–H groups in total. The topological polar surface area (TPSA) is 58.3 Å². The van der Waals surface area contributed by atoms with Gasteiger partial charge in [0, 0.05) is 32.4 Å². The lowest BCUT2D eigenvalue weighted by molar-refractivity contribution is 0.0706. The number of nitrogens with zero attached hydrogens (tertiary/aromatic N) is 5. The van der Waals surface area contributed by atoms with Crippen LogP contribution in [0.4, 0.5) is 0 Å². The predicted octanol–water partition coefficient (Wildman–Crippen LogP) is 1.57. The summed E-state index contributed by atoms with van der Waals surface area (Å²) in [4.78, 5) is 13.5. The molecule has 1 aliphatic heterocycles. The number of pyridine rings is 1. The minimum Gasteiger partial charge on any atom is -0.338 e. The number of rotatable bonds is 3. The molecule has 1 saturated heterocycles. The highest BCUT2D eigenvalue weighted by Crippen LogP contribution is 2.23. The molecule has 2 aromatic rings. The van der Waals surface area contributed by atoms with Crippen LogP contribution in [-0.2, 0) is 6.54 Å². The summed E-state index contributed by atoms with van der Waals surface area (Å²) in [6.07, 6.45) is 1.86. The van der Waals surface area contributed by atoms with Crippen LogP contribution in [0.3, 0.4) is 0 Å². The lowest BCUT2D eigenvalue weighted by atomic mass is 10.1. The summed E-state index contributed by atoms with van der Waals surface area (Å²) in [6.45, 7) is 7.72. The second-order valence-electron chi connectivity index (χ2n) is 5.68.